The molecule has 0 saturated carbocycles. The first-order valence-corrected chi connectivity index (χ1v) is 12.2. The molecule has 39 heavy (non-hydrogen) atoms. The average molecular weight is 558 g/mol. The Labute approximate surface area is 220 Å². The number of amides is 1. The van der Waals surface area contributed by atoms with Gasteiger partial charge in [-0.15, -0.1) is 0 Å². The highest BCUT2D eigenvalue weighted by Crippen LogP contribution is 2.39. The number of rotatable bonds is 7. The highest BCUT2D eigenvalue weighted by molar-refractivity contribution is 5.76. The fourth-order valence-electron chi connectivity index (χ4n) is 4.66. The maximum atomic E-state index is 13.6. The summed E-state index contributed by atoms with van der Waals surface area (Å²) in [6.07, 6.45) is -10.0. The summed E-state index contributed by atoms with van der Waals surface area (Å²) in [7, 11) is 0. The monoisotopic (exact) mass is 557 g/mol. The molecule has 0 aliphatic carbocycles. The summed E-state index contributed by atoms with van der Waals surface area (Å²) in [6, 6.07) is 8.66. The zero-order valence-electron chi connectivity index (χ0n) is 21.1. The maximum absolute atomic E-state index is 13.6. The normalized spacial score (nSPS) is 18.9. The van der Waals surface area contributed by atoms with Crippen LogP contribution in [0.3, 0.4) is 0 Å². The molecule has 12 heteroatoms. The number of nitrogens with zero attached hydrogens (tertiary/aromatic N) is 3. The van der Waals surface area contributed by atoms with Crippen molar-refractivity contribution in [3.8, 4) is 0 Å². The molecular formula is C27H26F7N3O2. The molecule has 1 saturated heterocycles. The van der Waals surface area contributed by atoms with E-state index >= 15 is 0 Å². The van der Waals surface area contributed by atoms with Crippen molar-refractivity contribution in [2.24, 2.45) is 0 Å². The van der Waals surface area contributed by atoms with Crippen molar-refractivity contribution < 1.29 is 40.3 Å². The Bertz CT molecular complexity index is 1270. The molecule has 5 nitrogen and oxygen atoms in total. The number of likely N-dealkylation sites (tertiary alicyclic amines) is 1. The number of halogens is 7. The summed E-state index contributed by atoms with van der Waals surface area (Å²) >= 11 is 0. The van der Waals surface area contributed by atoms with E-state index in [1.807, 2.05) is 6.92 Å². The molecule has 0 spiro atoms. The van der Waals surface area contributed by atoms with Gasteiger partial charge in [0, 0.05) is 38.2 Å². The molecule has 3 unspecified atom stereocenters. The molecule has 2 aromatic carbocycles. The van der Waals surface area contributed by atoms with E-state index in [1.54, 1.807) is 16.9 Å². The molecule has 3 atom stereocenters. The Hall–Kier alpha value is -3.41. The standard InChI is InChI=1S/C27H26F7N3O2/c1-16-7-9-37(35-16)10-8-25(38)36-14-23(18-3-5-22(28)6-4-18)24(15-36)39-17(2)19-11-20(26(29,30)31)13-21(12-19)27(32,33)34/h3-7,9,11-13,17,23-24H,8,10,14-15H2,1-2H3. The van der Waals surface area contributed by atoms with Crippen LogP contribution in [0, 0.1) is 12.7 Å². The molecule has 3 aromatic rings. The summed E-state index contributed by atoms with van der Waals surface area (Å²) in [6.45, 7) is 3.76. The molecule has 1 fully saturated rings. The average Bonchev–Trinajstić information content (AvgIpc) is 3.47. The van der Waals surface area contributed by atoms with E-state index < -0.39 is 47.4 Å². The lowest BCUT2D eigenvalue weighted by Crippen LogP contribution is -2.31. The quantitative estimate of drug-likeness (QED) is 0.311. The second-order valence-electron chi connectivity index (χ2n) is 9.58. The van der Waals surface area contributed by atoms with Gasteiger partial charge in [0.1, 0.15) is 5.82 Å². The molecule has 1 amide bonds. The molecular weight excluding hydrogens is 531 g/mol. The van der Waals surface area contributed by atoms with E-state index in [1.165, 1.54) is 36.1 Å². The zero-order chi connectivity index (χ0) is 28.5. The lowest BCUT2D eigenvalue weighted by Gasteiger charge is -2.25. The number of ether oxygens (including phenoxy) is 1. The van der Waals surface area contributed by atoms with Gasteiger partial charge in [0.05, 0.1) is 29.0 Å². The van der Waals surface area contributed by atoms with Crippen molar-refractivity contribution in [3.05, 3.63) is 88.5 Å². The molecule has 210 valence electrons. The molecule has 0 N–H and O–H groups in total. The van der Waals surface area contributed by atoms with E-state index in [0.29, 0.717) is 24.2 Å². The van der Waals surface area contributed by atoms with Gasteiger partial charge in [0.15, 0.2) is 0 Å². The number of alkyl halides is 6. The molecule has 4 rings (SSSR count). The predicted molar refractivity (Wildman–Crippen MR) is 127 cm³/mol. The van der Waals surface area contributed by atoms with Crippen LogP contribution in [0.1, 0.15) is 53.3 Å². The zero-order valence-corrected chi connectivity index (χ0v) is 21.1. The van der Waals surface area contributed by atoms with Gasteiger partial charge in [-0.25, -0.2) is 4.39 Å². The SMILES string of the molecule is Cc1ccn(CCC(=O)N2CC(OC(C)c3cc(C(F)(F)F)cc(C(F)(F)F)c3)C(c3ccc(F)cc3)C2)n1. The molecule has 2 heterocycles. The number of hydrogen-bond donors (Lipinski definition) is 0. The van der Waals surface area contributed by atoms with Crippen molar-refractivity contribution in [2.75, 3.05) is 13.1 Å². The minimum absolute atomic E-state index is 0.0639. The fraction of sp³-hybridized carbons (Fsp3) is 0.407. The van der Waals surface area contributed by atoms with Gasteiger partial charge in [-0.2, -0.15) is 31.4 Å². The number of carbonyl (C=O) groups excluding carboxylic acids is 1. The third kappa shape index (κ3) is 6.97. The van der Waals surface area contributed by atoms with E-state index in [-0.39, 0.29) is 37.0 Å². The lowest BCUT2D eigenvalue weighted by molar-refractivity contribution is -0.143. The molecule has 1 aliphatic heterocycles. The Balaban J connectivity index is 1.57. The third-order valence-electron chi connectivity index (χ3n) is 6.70. The van der Waals surface area contributed by atoms with Gasteiger partial charge >= 0.3 is 12.4 Å². The Kier molecular flexibility index (Phi) is 8.06. The molecule has 0 radical (unpaired) electrons. The summed E-state index contributed by atoms with van der Waals surface area (Å²) in [4.78, 5) is 14.5. The van der Waals surface area contributed by atoms with Crippen molar-refractivity contribution in [3.63, 3.8) is 0 Å². The Morgan fingerprint density at radius 1 is 1.00 bits per heavy atom. The van der Waals surface area contributed by atoms with Crippen LogP contribution in [-0.2, 0) is 28.4 Å². The number of aryl methyl sites for hydroxylation is 2. The summed E-state index contributed by atoms with van der Waals surface area (Å²) in [5.41, 5.74) is -1.74. The van der Waals surface area contributed by atoms with Gasteiger partial charge in [-0.1, -0.05) is 12.1 Å². The van der Waals surface area contributed by atoms with Crippen molar-refractivity contribution in [2.45, 2.75) is 57.3 Å². The topological polar surface area (TPSA) is 47.4 Å². The number of benzene rings is 2. The highest BCUT2D eigenvalue weighted by atomic mass is 19.4. The second kappa shape index (κ2) is 11.0. The number of aromatic nitrogens is 2. The molecule has 0 bridgehead atoms. The minimum Gasteiger partial charge on any atom is -0.368 e. The van der Waals surface area contributed by atoms with Crippen LogP contribution in [0.25, 0.3) is 0 Å². The smallest absolute Gasteiger partial charge is 0.368 e. The first kappa shape index (κ1) is 28.6. The largest absolute Gasteiger partial charge is 0.416 e. The van der Waals surface area contributed by atoms with Gasteiger partial charge in [-0.05, 0) is 61.4 Å². The van der Waals surface area contributed by atoms with E-state index in [2.05, 4.69) is 5.10 Å². The van der Waals surface area contributed by atoms with Crippen LogP contribution in [0.2, 0.25) is 0 Å². The number of carbonyl (C=O) groups is 1. The van der Waals surface area contributed by atoms with Crippen LogP contribution in [0.4, 0.5) is 30.7 Å². The first-order chi connectivity index (χ1) is 18.2. The summed E-state index contributed by atoms with van der Waals surface area (Å²) in [5, 5.41) is 4.24. The summed E-state index contributed by atoms with van der Waals surface area (Å²) in [5.74, 6) is -1.17. The van der Waals surface area contributed by atoms with Gasteiger partial charge in [0.2, 0.25) is 5.91 Å². The maximum Gasteiger partial charge on any atom is 0.416 e. The third-order valence-corrected chi connectivity index (χ3v) is 6.70. The number of hydrogen-bond acceptors (Lipinski definition) is 3. The van der Waals surface area contributed by atoms with Crippen LogP contribution < -0.4 is 0 Å². The van der Waals surface area contributed by atoms with Crippen molar-refractivity contribution in [1.82, 2.24) is 14.7 Å². The van der Waals surface area contributed by atoms with Gasteiger partial charge in [0.25, 0.3) is 0 Å². The second-order valence-corrected chi connectivity index (χ2v) is 9.58. The lowest BCUT2D eigenvalue weighted by atomic mass is 9.95. The summed E-state index contributed by atoms with van der Waals surface area (Å²) < 4.78 is 101. The Morgan fingerprint density at radius 2 is 1.62 bits per heavy atom. The van der Waals surface area contributed by atoms with Crippen LogP contribution in [0.5, 0.6) is 0 Å². The minimum atomic E-state index is -4.99. The van der Waals surface area contributed by atoms with Crippen LogP contribution >= 0.6 is 0 Å². The van der Waals surface area contributed by atoms with Crippen LogP contribution in [-0.4, -0.2) is 39.8 Å². The van der Waals surface area contributed by atoms with E-state index in [0.717, 1.165) is 5.69 Å². The van der Waals surface area contributed by atoms with Gasteiger partial charge in [-0.3, -0.25) is 9.48 Å². The van der Waals surface area contributed by atoms with E-state index in [4.69, 9.17) is 4.74 Å². The molecule has 1 aliphatic rings. The van der Waals surface area contributed by atoms with E-state index in [9.17, 15) is 35.5 Å². The van der Waals surface area contributed by atoms with Crippen molar-refractivity contribution >= 4 is 5.91 Å². The highest BCUT2D eigenvalue weighted by Gasteiger charge is 2.40. The van der Waals surface area contributed by atoms with Crippen LogP contribution in [0.15, 0.2) is 54.7 Å². The molecule has 1 aromatic heterocycles. The van der Waals surface area contributed by atoms with Gasteiger partial charge < -0.3 is 9.64 Å². The fourth-order valence-corrected chi connectivity index (χ4v) is 4.66. The Morgan fingerprint density at radius 3 is 2.15 bits per heavy atom. The first-order valence-electron chi connectivity index (χ1n) is 12.2. The predicted octanol–water partition coefficient (Wildman–Crippen LogP) is 6.53. The van der Waals surface area contributed by atoms with Crippen molar-refractivity contribution in [1.29, 1.82) is 0 Å².